The number of nitrogens with zero attached hydrogens (tertiary/aromatic N) is 5. The number of imidazole rings is 1. The number of aromatic amines is 1. The lowest BCUT2D eigenvalue weighted by atomic mass is 10.1. The molecule has 0 aliphatic carbocycles. The number of anilines is 2. The number of carbonyl (C=O) groups is 2. The number of hydrogen-bond acceptors (Lipinski definition) is 8. The Hall–Kier alpha value is -3.99. The van der Waals surface area contributed by atoms with Crippen molar-refractivity contribution in [2.75, 3.05) is 10.6 Å². The average Bonchev–Trinajstić information content (AvgIpc) is 3.50. The first-order chi connectivity index (χ1) is 17.0. The lowest BCUT2D eigenvalue weighted by Gasteiger charge is -2.05. The molecule has 0 bridgehead atoms. The van der Waals surface area contributed by atoms with Crippen molar-refractivity contribution in [2.45, 2.75) is 45.4 Å². The van der Waals surface area contributed by atoms with Crippen LogP contribution in [-0.2, 0) is 35.3 Å². The summed E-state index contributed by atoms with van der Waals surface area (Å²) >= 11 is 1.38. The van der Waals surface area contributed by atoms with Crippen LogP contribution < -0.4 is 10.6 Å². The van der Waals surface area contributed by atoms with Gasteiger partial charge in [-0.25, -0.2) is 4.98 Å². The van der Waals surface area contributed by atoms with E-state index in [1.807, 2.05) is 37.3 Å². The molecule has 0 spiro atoms. The third-order valence-corrected chi connectivity index (χ3v) is 6.02. The number of nitrogens with one attached hydrogen (secondary N) is 3. The van der Waals surface area contributed by atoms with Crippen molar-refractivity contribution in [3.05, 3.63) is 76.4 Å². The largest absolute Gasteiger partial charge is 0.351 e. The Morgan fingerprint density at radius 1 is 0.914 bits per heavy atom. The molecule has 0 aliphatic rings. The summed E-state index contributed by atoms with van der Waals surface area (Å²) in [5.74, 6) is 0.154. The fraction of sp³-hybridized carbons (Fsp3) is 0.292. The van der Waals surface area contributed by atoms with Gasteiger partial charge in [0, 0.05) is 12.6 Å². The first-order valence-corrected chi connectivity index (χ1v) is 12.1. The third-order valence-electron chi connectivity index (χ3n) is 5.12. The number of unbranched alkanes of at least 4 members (excludes halogenated alkanes) is 1. The van der Waals surface area contributed by atoms with Gasteiger partial charge in [0.05, 0.1) is 30.6 Å². The smallest absolute Gasteiger partial charge is 0.232 e. The fourth-order valence-electron chi connectivity index (χ4n) is 3.46. The van der Waals surface area contributed by atoms with Crippen LogP contribution in [0.2, 0.25) is 0 Å². The Labute approximate surface area is 206 Å². The maximum absolute atomic E-state index is 12.2. The fourth-order valence-corrected chi connectivity index (χ4v) is 4.26. The quantitative estimate of drug-likeness (QED) is 0.274. The second-order valence-corrected chi connectivity index (χ2v) is 9.18. The van der Waals surface area contributed by atoms with Gasteiger partial charge in [-0.1, -0.05) is 41.2 Å². The zero-order chi connectivity index (χ0) is 24.5. The van der Waals surface area contributed by atoms with Crippen molar-refractivity contribution in [1.29, 1.82) is 0 Å². The molecule has 10 nitrogen and oxygen atoms in total. The van der Waals surface area contributed by atoms with E-state index in [-0.39, 0.29) is 18.2 Å². The van der Waals surface area contributed by atoms with Crippen molar-refractivity contribution in [3.63, 3.8) is 0 Å². The highest BCUT2D eigenvalue weighted by Gasteiger charge is 2.10. The summed E-state index contributed by atoms with van der Waals surface area (Å²) in [6, 6.07) is 11.5. The Kier molecular flexibility index (Phi) is 8.23. The van der Waals surface area contributed by atoms with E-state index in [2.05, 4.69) is 41.0 Å². The van der Waals surface area contributed by atoms with Gasteiger partial charge >= 0.3 is 0 Å². The molecule has 0 fully saturated rings. The van der Waals surface area contributed by atoms with E-state index in [1.54, 1.807) is 12.3 Å². The van der Waals surface area contributed by atoms with Crippen molar-refractivity contribution in [2.24, 2.45) is 0 Å². The van der Waals surface area contributed by atoms with Crippen LogP contribution in [0.15, 0.2) is 48.9 Å². The molecule has 0 saturated carbocycles. The number of H-pyrrole nitrogens is 1. The Bertz CT molecular complexity index is 1250. The van der Waals surface area contributed by atoms with E-state index in [9.17, 15) is 9.59 Å². The number of rotatable bonds is 11. The molecule has 3 N–H and O–H groups in total. The zero-order valence-electron chi connectivity index (χ0n) is 19.3. The summed E-state index contributed by atoms with van der Waals surface area (Å²) in [5, 5.41) is 23.4. The molecule has 180 valence electrons. The maximum Gasteiger partial charge on any atom is 0.232 e. The lowest BCUT2D eigenvalue weighted by molar-refractivity contribution is -0.116. The summed E-state index contributed by atoms with van der Waals surface area (Å²) in [6.45, 7) is 2.00. The highest BCUT2D eigenvalue weighted by atomic mass is 32.1. The van der Waals surface area contributed by atoms with Gasteiger partial charge in [-0.05, 0) is 43.9 Å². The molecule has 0 unspecified atom stereocenters. The van der Waals surface area contributed by atoms with Crippen LogP contribution in [0.4, 0.5) is 10.9 Å². The molecular weight excluding hydrogens is 464 g/mol. The van der Waals surface area contributed by atoms with E-state index in [0.29, 0.717) is 23.1 Å². The molecule has 35 heavy (non-hydrogen) atoms. The van der Waals surface area contributed by atoms with E-state index >= 15 is 0 Å². The summed E-state index contributed by atoms with van der Waals surface area (Å²) < 4.78 is 0. The molecule has 0 radical (unpaired) electrons. The Morgan fingerprint density at radius 2 is 1.77 bits per heavy atom. The van der Waals surface area contributed by atoms with E-state index in [1.165, 1.54) is 17.7 Å². The van der Waals surface area contributed by atoms with Gasteiger partial charge in [-0.3, -0.25) is 9.59 Å². The van der Waals surface area contributed by atoms with Crippen molar-refractivity contribution < 1.29 is 9.59 Å². The molecule has 2 amide bonds. The normalized spacial score (nSPS) is 10.8. The number of aromatic nitrogens is 6. The highest BCUT2D eigenvalue weighted by molar-refractivity contribution is 7.15. The molecule has 4 aromatic rings. The number of amides is 2. The summed E-state index contributed by atoms with van der Waals surface area (Å²) in [4.78, 5) is 31.1. The van der Waals surface area contributed by atoms with Gasteiger partial charge in [0.25, 0.3) is 0 Å². The number of benzene rings is 1. The maximum atomic E-state index is 12.2. The highest BCUT2D eigenvalue weighted by Crippen LogP contribution is 2.18. The van der Waals surface area contributed by atoms with Gasteiger partial charge in [-0.2, -0.15) is 5.10 Å². The minimum Gasteiger partial charge on any atom is -0.351 e. The lowest BCUT2D eigenvalue weighted by Crippen LogP contribution is -2.16. The predicted octanol–water partition coefficient (Wildman–Crippen LogP) is 3.29. The first-order valence-electron chi connectivity index (χ1n) is 11.3. The molecule has 11 heteroatoms. The topological polar surface area (TPSA) is 138 Å². The molecule has 0 atom stereocenters. The molecule has 3 aromatic heterocycles. The van der Waals surface area contributed by atoms with E-state index in [4.69, 9.17) is 0 Å². The zero-order valence-corrected chi connectivity index (χ0v) is 20.1. The van der Waals surface area contributed by atoms with Crippen molar-refractivity contribution in [3.8, 4) is 0 Å². The molecule has 0 saturated heterocycles. The monoisotopic (exact) mass is 490 g/mol. The number of carbonyl (C=O) groups excluding carboxylic acids is 2. The minimum atomic E-state index is -0.173. The molecule has 1 aromatic carbocycles. The van der Waals surface area contributed by atoms with E-state index in [0.717, 1.165) is 47.5 Å². The van der Waals surface area contributed by atoms with Gasteiger partial charge in [0.1, 0.15) is 5.01 Å². The third kappa shape index (κ3) is 7.78. The molecular formula is C24H26N8O2S. The van der Waals surface area contributed by atoms with E-state index < -0.39 is 0 Å². The van der Waals surface area contributed by atoms with Crippen LogP contribution in [0.5, 0.6) is 0 Å². The van der Waals surface area contributed by atoms with Crippen LogP contribution in [0.3, 0.4) is 0 Å². The summed E-state index contributed by atoms with van der Waals surface area (Å²) in [7, 11) is 0. The molecule has 3 heterocycles. The Balaban J connectivity index is 1.15. The minimum absolute atomic E-state index is 0.119. The second-order valence-electron chi connectivity index (χ2n) is 8.12. The Morgan fingerprint density at radius 3 is 2.54 bits per heavy atom. The summed E-state index contributed by atoms with van der Waals surface area (Å²) in [5.41, 5.74) is 3.63. The van der Waals surface area contributed by atoms with Crippen LogP contribution >= 0.6 is 11.3 Å². The van der Waals surface area contributed by atoms with Gasteiger partial charge < -0.3 is 15.6 Å². The molecule has 0 aliphatic heterocycles. The average molecular weight is 491 g/mol. The van der Waals surface area contributed by atoms with Crippen LogP contribution in [0, 0.1) is 6.92 Å². The number of hydrogen-bond donors (Lipinski definition) is 3. The molecule has 4 rings (SSSR count). The van der Waals surface area contributed by atoms with Crippen LogP contribution in [0.25, 0.3) is 0 Å². The SMILES string of the molecule is Cc1cccc(CC(=O)Nc2ccc(CCCCc3nnc(NC(=O)Cc4c[nH]cn4)s3)nn2)c1. The predicted molar refractivity (Wildman–Crippen MR) is 133 cm³/mol. The standard InChI is InChI=1S/C24H26N8O2S/c1-16-5-4-6-17(11-16)12-21(33)27-20-10-9-18(29-30-20)7-2-3-8-23-31-32-24(35-23)28-22(34)13-19-14-25-15-26-19/h4-6,9-11,14-15H,2-3,7-8,12-13H2,1H3,(H,25,26)(H,27,30,33)(H,28,32,34). The van der Waals surface area contributed by atoms with Crippen LogP contribution in [0.1, 0.15) is 40.4 Å². The second kappa shape index (κ2) is 11.9. The first kappa shape index (κ1) is 24.1. The van der Waals surface area contributed by atoms with Gasteiger partial charge in [0.2, 0.25) is 16.9 Å². The van der Waals surface area contributed by atoms with Gasteiger partial charge in [0.15, 0.2) is 5.82 Å². The van der Waals surface area contributed by atoms with Crippen molar-refractivity contribution >= 4 is 34.1 Å². The van der Waals surface area contributed by atoms with Crippen molar-refractivity contribution in [1.82, 2.24) is 30.4 Å². The number of aryl methyl sites for hydroxylation is 3. The summed E-state index contributed by atoms with van der Waals surface area (Å²) in [6.07, 6.45) is 7.08. The van der Waals surface area contributed by atoms with Gasteiger partial charge in [-0.15, -0.1) is 15.3 Å². The van der Waals surface area contributed by atoms with Crippen LogP contribution in [-0.4, -0.2) is 42.2 Å².